The van der Waals surface area contributed by atoms with Gasteiger partial charge in [-0.25, -0.2) is 4.79 Å². The average molecular weight is 341 g/mol. The van der Waals surface area contributed by atoms with E-state index >= 15 is 0 Å². The van der Waals surface area contributed by atoms with E-state index in [1.165, 1.54) is 12.8 Å². The first-order valence-electron chi connectivity index (χ1n) is 8.01. The molecule has 1 aromatic rings. The second-order valence-corrected chi connectivity index (χ2v) is 7.62. The van der Waals surface area contributed by atoms with Crippen LogP contribution < -0.4 is 5.73 Å². The molecule has 2 amide bonds. The smallest absolute Gasteiger partial charge is 0.315 e. The number of halogens is 1. The molecule has 2 rings (SSSR count). The highest BCUT2D eigenvalue weighted by atomic mass is 35.5. The molecule has 0 heterocycles. The molecule has 0 spiro atoms. The van der Waals surface area contributed by atoms with Gasteiger partial charge in [-0.15, -0.1) is 11.8 Å². The van der Waals surface area contributed by atoms with Gasteiger partial charge in [0.25, 0.3) is 0 Å². The number of hydrogen-bond acceptors (Lipinski definition) is 2. The molecule has 22 heavy (non-hydrogen) atoms. The number of rotatable bonds is 6. The number of hydrogen-bond donors (Lipinski definition) is 1. The summed E-state index contributed by atoms with van der Waals surface area (Å²) in [5.41, 5.74) is 5.58. The molecule has 1 aliphatic carbocycles. The van der Waals surface area contributed by atoms with Gasteiger partial charge in [-0.3, -0.25) is 0 Å². The third-order valence-electron chi connectivity index (χ3n) is 4.35. The third kappa shape index (κ3) is 5.10. The summed E-state index contributed by atoms with van der Waals surface area (Å²) >= 11 is 7.88. The Bertz CT molecular complexity index is 489. The normalized spacial score (nSPS) is 21.5. The van der Waals surface area contributed by atoms with E-state index in [0.717, 1.165) is 47.4 Å². The third-order valence-corrected chi connectivity index (χ3v) is 5.95. The lowest BCUT2D eigenvalue weighted by molar-refractivity contribution is 0.153. The first kappa shape index (κ1) is 17.5. The lowest BCUT2D eigenvalue weighted by Crippen LogP contribution is -2.45. The highest BCUT2D eigenvalue weighted by molar-refractivity contribution is 7.99. The zero-order valence-corrected chi connectivity index (χ0v) is 14.7. The molecule has 2 N–H and O–H groups in total. The molecule has 0 aromatic heterocycles. The van der Waals surface area contributed by atoms with E-state index in [4.69, 9.17) is 17.3 Å². The van der Waals surface area contributed by atoms with E-state index in [9.17, 15) is 4.79 Å². The average Bonchev–Trinajstić information content (AvgIpc) is 2.50. The summed E-state index contributed by atoms with van der Waals surface area (Å²) < 4.78 is 0. The first-order chi connectivity index (χ1) is 10.6. The Morgan fingerprint density at radius 1 is 1.32 bits per heavy atom. The predicted molar refractivity (Wildman–Crippen MR) is 94.5 cm³/mol. The van der Waals surface area contributed by atoms with E-state index in [2.05, 4.69) is 6.92 Å². The standard InChI is InChI=1S/C17H25ClN2OS/c1-13-7-9-14(10-8-13)20(17(19)21)11-4-12-22-16-6-3-2-5-15(16)18/h2-3,5-6,13-14H,4,7-12H2,1H3,(H2,19,21)/t13-,14-. The SMILES string of the molecule is C[C@H]1CC[C@H](N(CCCSc2ccccc2Cl)C(N)=O)CC1. The van der Waals surface area contributed by atoms with Gasteiger partial charge in [-0.1, -0.05) is 30.7 Å². The van der Waals surface area contributed by atoms with Crippen LogP contribution in [0.1, 0.15) is 39.0 Å². The van der Waals surface area contributed by atoms with Gasteiger partial charge in [-0.05, 0) is 55.9 Å². The van der Waals surface area contributed by atoms with Crippen LogP contribution >= 0.6 is 23.4 Å². The molecule has 0 bridgehead atoms. The Hall–Kier alpha value is -0.870. The Kier molecular flexibility index (Phi) is 6.90. The molecule has 5 heteroatoms. The summed E-state index contributed by atoms with van der Waals surface area (Å²) in [5, 5.41) is 0.792. The minimum Gasteiger partial charge on any atom is -0.351 e. The van der Waals surface area contributed by atoms with Gasteiger partial charge in [0.05, 0.1) is 5.02 Å². The fourth-order valence-electron chi connectivity index (χ4n) is 3.01. The summed E-state index contributed by atoms with van der Waals surface area (Å²) in [5.74, 6) is 1.72. The molecular formula is C17H25ClN2OS. The lowest BCUT2D eigenvalue weighted by atomic mass is 9.86. The van der Waals surface area contributed by atoms with Crippen molar-refractivity contribution in [2.45, 2.75) is 50.0 Å². The predicted octanol–water partition coefficient (Wildman–Crippen LogP) is 4.78. The Morgan fingerprint density at radius 2 is 2.00 bits per heavy atom. The summed E-state index contributed by atoms with van der Waals surface area (Å²) in [7, 11) is 0. The molecule has 1 fully saturated rings. The van der Waals surface area contributed by atoms with Crippen molar-refractivity contribution in [2.75, 3.05) is 12.3 Å². The van der Waals surface area contributed by atoms with Gasteiger partial charge in [0.2, 0.25) is 0 Å². The van der Waals surface area contributed by atoms with Crippen LogP contribution in [0.4, 0.5) is 4.79 Å². The Labute approximate surface area is 142 Å². The second kappa shape index (κ2) is 8.68. The van der Waals surface area contributed by atoms with Crippen molar-refractivity contribution >= 4 is 29.4 Å². The minimum atomic E-state index is -0.276. The van der Waals surface area contributed by atoms with Crippen LogP contribution in [0.3, 0.4) is 0 Å². The van der Waals surface area contributed by atoms with Gasteiger partial charge in [0, 0.05) is 17.5 Å². The molecule has 0 radical (unpaired) electrons. The van der Waals surface area contributed by atoms with Crippen molar-refractivity contribution < 1.29 is 4.79 Å². The lowest BCUT2D eigenvalue weighted by Gasteiger charge is -2.35. The van der Waals surface area contributed by atoms with Crippen molar-refractivity contribution in [3.05, 3.63) is 29.3 Å². The fourth-order valence-corrected chi connectivity index (χ4v) is 4.18. The summed E-state index contributed by atoms with van der Waals surface area (Å²) in [4.78, 5) is 14.7. The van der Waals surface area contributed by atoms with Crippen LogP contribution in [0.2, 0.25) is 5.02 Å². The summed E-state index contributed by atoms with van der Waals surface area (Å²) in [6, 6.07) is 7.92. The number of nitrogens with two attached hydrogens (primary N) is 1. The van der Waals surface area contributed by atoms with Crippen LogP contribution in [-0.2, 0) is 0 Å². The quantitative estimate of drug-likeness (QED) is 0.598. The Balaban J connectivity index is 1.77. The molecular weight excluding hydrogens is 316 g/mol. The zero-order valence-electron chi connectivity index (χ0n) is 13.1. The van der Waals surface area contributed by atoms with E-state index in [1.54, 1.807) is 11.8 Å². The van der Waals surface area contributed by atoms with E-state index in [1.807, 2.05) is 29.2 Å². The molecule has 0 atom stereocenters. The van der Waals surface area contributed by atoms with E-state index in [0.29, 0.717) is 6.04 Å². The molecule has 3 nitrogen and oxygen atoms in total. The van der Waals surface area contributed by atoms with Gasteiger partial charge in [-0.2, -0.15) is 0 Å². The van der Waals surface area contributed by atoms with Crippen LogP contribution in [0.25, 0.3) is 0 Å². The van der Waals surface area contributed by atoms with Gasteiger partial charge >= 0.3 is 6.03 Å². The van der Waals surface area contributed by atoms with Crippen LogP contribution in [0.15, 0.2) is 29.2 Å². The number of thioether (sulfide) groups is 1. The largest absolute Gasteiger partial charge is 0.351 e. The minimum absolute atomic E-state index is 0.276. The molecule has 1 saturated carbocycles. The van der Waals surface area contributed by atoms with Crippen LogP contribution in [0, 0.1) is 5.92 Å². The van der Waals surface area contributed by atoms with Gasteiger partial charge in [0.1, 0.15) is 0 Å². The highest BCUT2D eigenvalue weighted by Crippen LogP contribution is 2.29. The molecule has 1 aromatic carbocycles. The molecule has 0 saturated heterocycles. The van der Waals surface area contributed by atoms with E-state index in [-0.39, 0.29) is 6.03 Å². The number of carbonyl (C=O) groups excluding carboxylic acids is 1. The number of nitrogens with zero attached hydrogens (tertiary/aromatic N) is 1. The summed E-state index contributed by atoms with van der Waals surface area (Å²) in [6.45, 7) is 3.02. The van der Waals surface area contributed by atoms with Crippen LogP contribution in [-0.4, -0.2) is 29.3 Å². The number of carbonyl (C=O) groups is 1. The van der Waals surface area contributed by atoms with Crippen molar-refractivity contribution in [1.82, 2.24) is 4.90 Å². The Morgan fingerprint density at radius 3 is 2.64 bits per heavy atom. The van der Waals surface area contributed by atoms with Gasteiger partial charge < -0.3 is 10.6 Å². The first-order valence-corrected chi connectivity index (χ1v) is 9.37. The van der Waals surface area contributed by atoms with Crippen molar-refractivity contribution in [1.29, 1.82) is 0 Å². The molecule has 0 unspecified atom stereocenters. The van der Waals surface area contributed by atoms with Crippen molar-refractivity contribution in [3.8, 4) is 0 Å². The number of benzene rings is 1. The number of primary amides is 1. The van der Waals surface area contributed by atoms with Crippen molar-refractivity contribution in [2.24, 2.45) is 11.7 Å². The molecule has 122 valence electrons. The van der Waals surface area contributed by atoms with Crippen LogP contribution in [0.5, 0.6) is 0 Å². The van der Waals surface area contributed by atoms with E-state index < -0.39 is 0 Å². The maximum absolute atomic E-state index is 11.7. The second-order valence-electron chi connectivity index (χ2n) is 6.08. The molecule has 0 aliphatic heterocycles. The fraction of sp³-hybridized carbons (Fsp3) is 0.588. The van der Waals surface area contributed by atoms with Crippen molar-refractivity contribution in [3.63, 3.8) is 0 Å². The maximum Gasteiger partial charge on any atom is 0.315 e. The number of amides is 2. The number of urea groups is 1. The highest BCUT2D eigenvalue weighted by Gasteiger charge is 2.25. The maximum atomic E-state index is 11.7. The monoisotopic (exact) mass is 340 g/mol. The summed E-state index contributed by atoms with van der Waals surface area (Å²) in [6.07, 6.45) is 5.50. The topological polar surface area (TPSA) is 46.3 Å². The zero-order chi connectivity index (χ0) is 15.9. The molecule has 1 aliphatic rings. The van der Waals surface area contributed by atoms with Gasteiger partial charge in [0.15, 0.2) is 0 Å².